The first-order chi connectivity index (χ1) is 31.6. The number of carbonyl (C=O) groups is 1. The molecule has 0 heterocycles. The lowest BCUT2D eigenvalue weighted by atomic mass is 10.0. The predicted octanol–water partition coefficient (Wildman–Crippen LogP) is 17.8. The number of aliphatic hydroxyl groups is 3. The van der Waals surface area contributed by atoms with Crippen LogP contribution in [0.4, 0.5) is 0 Å². The third-order valence-corrected chi connectivity index (χ3v) is 13.5. The van der Waals surface area contributed by atoms with Crippen LogP contribution in [0.3, 0.4) is 0 Å². The summed E-state index contributed by atoms with van der Waals surface area (Å²) in [4.78, 5) is 12.5. The van der Waals surface area contributed by atoms with Crippen molar-refractivity contribution in [1.29, 1.82) is 0 Å². The van der Waals surface area contributed by atoms with E-state index in [4.69, 9.17) is 0 Å². The maximum Gasteiger partial charge on any atom is 0.249 e. The van der Waals surface area contributed by atoms with Crippen LogP contribution in [0.15, 0.2) is 36.5 Å². The van der Waals surface area contributed by atoms with Gasteiger partial charge >= 0.3 is 0 Å². The lowest BCUT2D eigenvalue weighted by Gasteiger charge is -2.21. The van der Waals surface area contributed by atoms with Crippen molar-refractivity contribution in [2.24, 2.45) is 0 Å². The summed E-state index contributed by atoms with van der Waals surface area (Å²) in [6.07, 6.45) is 71.0. The van der Waals surface area contributed by atoms with E-state index in [1.165, 1.54) is 250 Å². The fraction of sp³-hybridized carbons (Fsp3) is 0.881. The van der Waals surface area contributed by atoms with E-state index in [1.54, 1.807) is 6.08 Å². The fourth-order valence-electron chi connectivity index (χ4n) is 8.96. The Morgan fingerprint density at radius 1 is 0.375 bits per heavy atom. The van der Waals surface area contributed by atoms with Crippen molar-refractivity contribution in [2.45, 2.75) is 327 Å². The highest BCUT2D eigenvalue weighted by Gasteiger charge is 2.22. The summed E-state index contributed by atoms with van der Waals surface area (Å²) in [6.45, 7) is 4.19. The van der Waals surface area contributed by atoms with Crippen LogP contribution in [0.1, 0.15) is 309 Å². The highest BCUT2D eigenvalue weighted by Crippen LogP contribution is 2.17. The van der Waals surface area contributed by atoms with Crippen molar-refractivity contribution in [3.8, 4) is 0 Å². The number of carbonyl (C=O) groups excluding carboxylic acids is 1. The lowest BCUT2D eigenvalue weighted by Crippen LogP contribution is -2.48. The Morgan fingerprint density at radius 2 is 0.641 bits per heavy atom. The Kier molecular flexibility index (Phi) is 53.0. The summed E-state index contributed by atoms with van der Waals surface area (Å²) in [5, 5.41) is 33.3. The first-order valence-electron chi connectivity index (χ1n) is 28.8. The average Bonchev–Trinajstić information content (AvgIpc) is 3.30. The number of hydrogen-bond acceptors (Lipinski definition) is 4. The van der Waals surface area contributed by atoms with Crippen LogP contribution >= 0.6 is 0 Å². The van der Waals surface area contributed by atoms with Crippen molar-refractivity contribution in [3.05, 3.63) is 36.5 Å². The Morgan fingerprint density at radius 3 is 0.953 bits per heavy atom. The van der Waals surface area contributed by atoms with Gasteiger partial charge in [0.25, 0.3) is 0 Å². The number of unbranched alkanes of at least 4 members (excludes halogenated alkanes) is 41. The van der Waals surface area contributed by atoms with Crippen LogP contribution in [0.5, 0.6) is 0 Å². The molecule has 0 aromatic rings. The number of aliphatic hydroxyl groups excluding tert-OH is 3. The van der Waals surface area contributed by atoms with Gasteiger partial charge in [0.15, 0.2) is 0 Å². The monoisotopic (exact) mass is 900 g/mol. The summed E-state index contributed by atoms with van der Waals surface area (Å²) in [5.41, 5.74) is 0. The van der Waals surface area contributed by atoms with E-state index in [0.29, 0.717) is 6.42 Å². The van der Waals surface area contributed by atoms with Gasteiger partial charge in [-0.05, 0) is 57.8 Å². The van der Waals surface area contributed by atoms with Crippen LogP contribution in [0.25, 0.3) is 0 Å². The van der Waals surface area contributed by atoms with E-state index in [0.717, 1.165) is 38.5 Å². The molecule has 3 unspecified atom stereocenters. The molecular weight excluding hydrogens is 787 g/mol. The molecule has 0 radical (unpaired) electrons. The van der Waals surface area contributed by atoms with Crippen LogP contribution in [-0.4, -0.2) is 46.1 Å². The van der Waals surface area contributed by atoms with Gasteiger partial charge in [0, 0.05) is 0 Å². The minimum atomic E-state index is -1.10. The molecule has 5 nitrogen and oxygen atoms in total. The molecule has 64 heavy (non-hydrogen) atoms. The molecule has 0 bridgehead atoms. The van der Waals surface area contributed by atoms with Gasteiger partial charge in [0.05, 0.1) is 18.8 Å². The quantitative estimate of drug-likeness (QED) is 0.0362. The summed E-state index contributed by atoms with van der Waals surface area (Å²) < 4.78 is 0. The topological polar surface area (TPSA) is 89.8 Å². The number of amides is 1. The molecule has 0 aliphatic heterocycles. The summed E-state index contributed by atoms with van der Waals surface area (Å²) in [5.74, 6) is -0.509. The molecule has 0 aromatic carbocycles. The second kappa shape index (κ2) is 54.2. The van der Waals surface area contributed by atoms with Crippen molar-refractivity contribution < 1.29 is 20.1 Å². The second-order valence-corrected chi connectivity index (χ2v) is 19.8. The largest absolute Gasteiger partial charge is 0.394 e. The Labute approximate surface area is 400 Å². The van der Waals surface area contributed by atoms with E-state index < -0.39 is 24.2 Å². The van der Waals surface area contributed by atoms with E-state index in [9.17, 15) is 20.1 Å². The molecule has 0 aromatic heterocycles. The van der Waals surface area contributed by atoms with Gasteiger partial charge in [0.1, 0.15) is 6.10 Å². The number of nitrogens with one attached hydrogen (secondary N) is 1. The van der Waals surface area contributed by atoms with Crippen LogP contribution in [0.2, 0.25) is 0 Å². The molecule has 1 amide bonds. The zero-order valence-corrected chi connectivity index (χ0v) is 43.2. The standard InChI is InChI=1S/C59H113NO4/c1-3-5-7-9-11-13-15-17-19-21-22-23-24-25-26-27-28-29-30-31-32-33-34-35-36-37-38-40-42-44-46-48-50-52-54-58(63)59(64)60-56(55-61)57(62)53-51-49-47-45-43-41-39-20-18-16-14-12-10-8-6-4-2/h27-28,43,45,51,53,56-58,61-63H,3-26,29-42,44,46-50,52,54-55H2,1-2H3,(H,60,64)/b28-27-,45-43+,53-51+. The summed E-state index contributed by atoms with van der Waals surface area (Å²) in [6, 6.07) is -0.814. The average molecular weight is 901 g/mol. The molecule has 4 N–H and O–H groups in total. The number of allylic oxidation sites excluding steroid dienone is 5. The zero-order chi connectivity index (χ0) is 46.5. The van der Waals surface area contributed by atoms with Crippen molar-refractivity contribution in [2.75, 3.05) is 6.61 Å². The predicted molar refractivity (Wildman–Crippen MR) is 282 cm³/mol. The number of rotatable bonds is 53. The Balaban J connectivity index is 3.52. The first kappa shape index (κ1) is 62.6. The van der Waals surface area contributed by atoms with Gasteiger partial charge in [-0.2, -0.15) is 0 Å². The summed E-state index contributed by atoms with van der Waals surface area (Å²) in [7, 11) is 0. The molecule has 378 valence electrons. The number of hydrogen-bond donors (Lipinski definition) is 4. The summed E-state index contributed by atoms with van der Waals surface area (Å²) >= 11 is 0. The van der Waals surface area contributed by atoms with Gasteiger partial charge in [-0.15, -0.1) is 0 Å². The van der Waals surface area contributed by atoms with E-state index in [2.05, 4.69) is 43.5 Å². The smallest absolute Gasteiger partial charge is 0.249 e. The van der Waals surface area contributed by atoms with E-state index >= 15 is 0 Å². The Hall–Kier alpha value is -1.43. The molecular formula is C59H113NO4. The highest BCUT2D eigenvalue weighted by atomic mass is 16.3. The molecule has 0 aliphatic carbocycles. The molecule has 0 rings (SSSR count). The highest BCUT2D eigenvalue weighted by molar-refractivity contribution is 5.80. The molecule has 0 aliphatic rings. The zero-order valence-electron chi connectivity index (χ0n) is 43.2. The van der Waals surface area contributed by atoms with Gasteiger partial charge in [-0.25, -0.2) is 0 Å². The van der Waals surface area contributed by atoms with Crippen molar-refractivity contribution >= 4 is 5.91 Å². The van der Waals surface area contributed by atoms with Crippen LogP contribution in [-0.2, 0) is 4.79 Å². The third-order valence-electron chi connectivity index (χ3n) is 13.5. The maximum atomic E-state index is 12.5. The molecule has 5 heteroatoms. The van der Waals surface area contributed by atoms with E-state index in [1.807, 2.05) is 6.08 Å². The van der Waals surface area contributed by atoms with Crippen LogP contribution in [0, 0.1) is 0 Å². The van der Waals surface area contributed by atoms with Gasteiger partial charge in [-0.1, -0.05) is 288 Å². The van der Waals surface area contributed by atoms with Gasteiger partial charge < -0.3 is 20.6 Å². The normalized spacial score (nSPS) is 13.5. The van der Waals surface area contributed by atoms with Gasteiger partial charge in [0.2, 0.25) is 5.91 Å². The van der Waals surface area contributed by atoms with E-state index in [-0.39, 0.29) is 6.61 Å². The fourth-order valence-corrected chi connectivity index (χ4v) is 8.96. The molecule has 0 fully saturated rings. The minimum absolute atomic E-state index is 0.374. The first-order valence-corrected chi connectivity index (χ1v) is 28.8. The Bertz CT molecular complexity index is 993. The molecule has 0 saturated carbocycles. The van der Waals surface area contributed by atoms with Crippen molar-refractivity contribution in [3.63, 3.8) is 0 Å². The lowest BCUT2D eigenvalue weighted by molar-refractivity contribution is -0.131. The molecule has 3 atom stereocenters. The van der Waals surface area contributed by atoms with Crippen LogP contribution < -0.4 is 5.32 Å². The SMILES string of the molecule is CCCCCCCCCCCC/C=C/CC/C=C/C(O)C(CO)NC(=O)C(O)CCCCCCCCCCCCCCCCCC/C=C\CCCCCCCCCCCCCCCC. The van der Waals surface area contributed by atoms with Gasteiger partial charge in [-0.3, -0.25) is 4.79 Å². The van der Waals surface area contributed by atoms with Crippen molar-refractivity contribution in [1.82, 2.24) is 5.32 Å². The third kappa shape index (κ3) is 48.5. The second-order valence-electron chi connectivity index (χ2n) is 19.8. The minimum Gasteiger partial charge on any atom is -0.394 e. The molecule has 0 spiro atoms. The maximum absolute atomic E-state index is 12.5. The molecule has 0 saturated heterocycles.